The highest BCUT2D eigenvalue weighted by Gasteiger charge is 2.26. The van der Waals surface area contributed by atoms with Crippen molar-refractivity contribution in [1.82, 2.24) is 5.43 Å². The number of rotatable bonds is 6. The highest BCUT2D eigenvalue weighted by Crippen LogP contribution is 2.21. The summed E-state index contributed by atoms with van der Waals surface area (Å²) in [5.74, 6) is 7.72. The minimum Gasteiger partial charge on any atom is -0.379 e. The summed E-state index contributed by atoms with van der Waals surface area (Å²) in [6, 6.07) is 0.224. The largest absolute Gasteiger partial charge is 0.379 e. The Balaban J connectivity index is 2.36. The monoisotopic (exact) mass is 248 g/mol. The zero-order chi connectivity index (χ0) is 12.0. The normalized spacial score (nSPS) is 24.4. The van der Waals surface area contributed by atoms with Crippen LogP contribution in [0.2, 0.25) is 0 Å². The number of methoxy groups -OCH3 is 1. The van der Waals surface area contributed by atoms with E-state index in [4.69, 9.17) is 15.3 Å². The molecule has 2 atom stereocenters. The Morgan fingerprint density at radius 1 is 1.62 bits per heavy atom. The molecule has 5 heteroatoms. The molecule has 96 valence electrons. The predicted molar refractivity (Wildman–Crippen MR) is 68.5 cm³/mol. The van der Waals surface area contributed by atoms with E-state index in [2.05, 4.69) is 19.3 Å². The van der Waals surface area contributed by atoms with Gasteiger partial charge in [-0.25, -0.2) is 0 Å². The minimum absolute atomic E-state index is 0.0864. The van der Waals surface area contributed by atoms with E-state index in [0.29, 0.717) is 0 Å². The van der Waals surface area contributed by atoms with Crippen LogP contribution in [0.25, 0.3) is 0 Å². The van der Waals surface area contributed by atoms with Gasteiger partial charge in [0.15, 0.2) is 0 Å². The summed E-state index contributed by atoms with van der Waals surface area (Å²) >= 11 is 1.93. The van der Waals surface area contributed by atoms with Crippen molar-refractivity contribution in [2.45, 2.75) is 44.4 Å². The quantitative estimate of drug-likeness (QED) is 0.545. The molecule has 0 aromatic rings. The Morgan fingerprint density at radius 2 is 2.38 bits per heavy atom. The summed E-state index contributed by atoms with van der Waals surface area (Å²) in [6.07, 6.45) is 2.18. The maximum absolute atomic E-state index is 5.73. The van der Waals surface area contributed by atoms with E-state index in [-0.39, 0.29) is 17.7 Å². The fourth-order valence-corrected chi connectivity index (χ4v) is 2.66. The van der Waals surface area contributed by atoms with Crippen molar-refractivity contribution >= 4 is 11.8 Å². The Morgan fingerprint density at radius 3 is 2.88 bits per heavy atom. The molecule has 1 rings (SSSR count). The Labute approximate surface area is 103 Å². The first kappa shape index (κ1) is 14.3. The third kappa shape index (κ3) is 4.59. The second kappa shape index (κ2) is 6.81. The van der Waals surface area contributed by atoms with Gasteiger partial charge in [0.2, 0.25) is 0 Å². The fourth-order valence-electron chi connectivity index (χ4n) is 1.72. The standard InChI is InChI=1S/C11H24N2O2S/c1-11(2,14-3)5-4-9(13-12)10-8-16-7-6-15-10/h9-10,13H,4-8,12H2,1-3H3. The van der Waals surface area contributed by atoms with E-state index in [1.165, 1.54) is 0 Å². The zero-order valence-corrected chi connectivity index (χ0v) is 11.3. The summed E-state index contributed by atoms with van der Waals surface area (Å²) in [5, 5.41) is 0. The highest BCUT2D eigenvalue weighted by atomic mass is 32.2. The van der Waals surface area contributed by atoms with Gasteiger partial charge >= 0.3 is 0 Å². The second-order valence-corrected chi connectivity index (χ2v) is 5.91. The molecule has 0 saturated carbocycles. The van der Waals surface area contributed by atoms with Crippen LogP contribution < -0.4 is 11.3 Å². The van der Waals surface area contributed by atoms with Crippen molar-refractivity contribution in [3.63, 3.8) is 0 Å². The van der Waals surface area contributed by atoms with Crippen molar-refractivity contribution in [1.29, 1.82) is 0 Å². The van der Waals surface area contributed by atoms with E-state index < -0.39 is 0 Å². The Kier molecular flexibility index (Phi) is 6.07. The lowest BCUT2D eigenvalue weighted by Gasteiger charge is -2.32. The number of hydrogen-bond donors (Lipinski definition) is 2. The van der Waals surface area contributed by atoms with Crippen LogP contribution in [0, 0.1) is 0 Å². The molecule has 0 aromatic heterocycles. The van der Waals surface area contributed by atoms with E-state index >= 15 is 0 Å². The number of nitrogens with two attached hydrogens (primary N) is 1. The molecular formula is C11H24N2O2S. The van der Waals surface area contributed by atoms with Crippen LogP contribution in [0.5, 0.6) is 0 Å². The average Bonchev–Trinajstić information content (AvgIpc) is 2.31. The second-order valence-electron chi connectivity index (χ2n) is 4.76. The fraction of sp³-hybridized carbons (Fsp3) is 1.00. The summed E-state index contributed by atoms with van der Waals surface area (Å²) in [7, 11) is 1.75. The van der Waals surface area contributed by atoms with Crippen LogP contribution in [0.4, 0.5) is 0 Å². The van der Waals surface area contributed by atoms with Gasteiger partial charge < -0.3 is 9.47 Å². The number of ether oxygens (including phenoxy) is 2. The first-order chi connectivity index (χ1) is 7.59. The number of nitrogens with one attached hydrogen (secondary N) is 1. The SMILES string of the molecule is COC(C)(C)CCC(NN)C1CSCCO1. The molecule has 0 aromatic carbocycles. The molecule has 4 nitrogen and oxygen atoms in total. The Bertz CT molecular complexity index is 196. The first-order valence-corrected chi connectivity index (χ1v) is 6.95. The molecule has 1 aliphatic heterocycles. The number of thioether (sulfide) groups is 1. The van der Waals surface area contributed by atoms with Gasteiger partial charge in [0, 0.05) is 24.7 Å². The van der Waals surface area contributed by atoms with Crippen molar-refractivity contribution in [2.24, 2.45) is 5.84 Å². The van der Waals surface area contributed by atoms with Crippen LogP contribution in [-0.4, -0.2) is 43.0 Å². The van der Waals surface area contributed by atoms with Crippen molar-refractivity contribution < 1.29 is 9.47 Å². The summed E-state index contributed by atoms with van der Waals surface area (Å²) in [4.78, 5) is 0. The summed E-state index contributed by atoms with van der Waals surface area (Å²) < 4.78 is 11.1. The molecule has 0 radical (unpaired) electrons. The molecule has 2 unspecified atom stereocenters. The van der Waals surface area contributed by atoms with E-state index in [1.807, 2.05) is 11.8 Å². The van der Waals surface area contributed by atoms with Gasteiger partial charge in [0.25, 0.3) is 0 Å². The lowest BCUT2D eigenvalue weighted by atomic mass is 9.97. The van der Waals surface area contributed by atoms with Gasteiger partial charge in [-0.3, -0.25) is 11.3 Å². The molecule has 1 aliphatic rings. The minimum atomic E-state index is -0.0864. The lowest BCUT2D eigenvalue weighted by molar-refractivity contribution is -0.000427. The predicted octanol–water partition coefficient (Wildman–Crippen LogP) is 1.16. The number of hydrazine groups is 1. The third-order valence-corrected chi connectivity index (χ3v) is 4.13. The van der Waals surface area contributed by atoms with E-state index in [1.54, 1.807) is 7.11 Å². The van der Waals surface area contributed by atoms with Crippen LogP contribution in [0.3, 0.4) is 0 Å². The molecule has 1 saturated heterocycles. The molecule has 1 fully saturated rings. The molecule has 0 bridgehead atoms. The summed E-state index contributed by atoms with van der Waals surface area (Å²) in [6.45, 7) is 5.02. The van der Waals surface area contributed by atoms with Gasteiger partial charge in [-0.2, -0.15) is 11.8 Å². The molecule has 0 aliphatic carbocycles. The van der Waals surface area contributed by atoms with Crippen molar-refractivity contribution in [3.8, 4) is 0 Å². The average molecular weight is 248 g/mol. The van der Waals surface area contributed by atoms with Crippen LogP contribution in [0.15, 0.2) is 0 Å². The molecule has 0 spiro atoms. The maximum Gasteiger partial charge on any atom is 0.0832 e. The molecule has 16 heavy (non-hydrogen) atoms. The number of hydrogen-bond acceptors (Lipinski definition) is 5. The molecule has 1 heterocycles. The van der Waals surface area contributed by atoms with Crippen LogP contribution in [-0.2, 0) is 9.47 Å². The van der Waals surface area contributed by atoms with Gasteiger partial charge in [0.1, 0.15) is 0 Å². The lowest BCUT2D eigenvalue weighted by Crippen LogP contribution is -2.48. The first-order valence-electron chi connectivity index (χ1n) is 5.79. The maximum atomic E-state index is 5.73. The van der Waals surface area contributed by atoms with E-state index in [9.17, 15) is 0 Å². The van der Waals surface area contributed by atoms with E-state index in [0.717, 1.165) is 31.0 Å². The van der Waals surface area contributed by atoms with Gasteiger partial charge in [-0.1, -0.05) is 0 Å². The molecule has 0 amide bonds. The summed E-state index contributed by atoms with van der Waals surface area (Å²) in [5.41, 5.74) is 2.79. The molecular weight excluding hydrogens is 224 g/mol. The third-order valence-electron chi connectivity index (χ3n) is 3.11. The highest BCUT2D eigenvalue weighted by molar-refractivity contribution is 7.99. The zero-order valence-electron chi connectivity index (χ0n) is 10.5. The Hall–Kier alpha value is 0.190. The van der Waals surface area contributed by atoms with Gasteiger partial charge in [-0.15, -0.1) is 0 Å². The smallest absolute Gasteiger partial charge is 0.0832 e. The topological polar surface area (TPSA) is 56.5 Å². The van der Waals surface area contributed by atoms with Crippen LogP contribution >= 0.6 is 11.8 Å². The van der Waals surface area contributed by atoms with Gasteiger partial charge in [0.05, 0.1) is 18.3 Å². The molecule has 3 N–H and O–H groups in total. The van der Waals surface area contributed by atoms with Gasteiger partial charge in [-0.05, 0) is 26.7 Å². The van der Waals surface area contributed by atoms with Crippen molar-refractivity contribution in [3.05, 3.63) is 0 Å². The van der Waals surface area contributed by atoms with Crippen LogP contribution in [0.1, 0.15) is 26.7 Å². The van der Waals surface area contributed by atoms with Crippen molar-refractivity contribution in [2.75, 3.05) is 25.2 Å².